The summed E-state index contributed by atoms with van der Waals surface area (Å²) in [5.41, 5.74) is 0. The highest BCUT2D eigenvalue weighted by Crippen LogP contribution is 2.19. The second-order valence-electron chi connectivity index (χ2n) is 4.64. The third kappa shape index (κ3) is 4.02. The molecule has 94 valence electrons. The van der Waals surface area contributed by atoms with Crippen molar-refractivity contribution in [3.05, 3.63) is 36.3 Å². The standard InChI is InChI=1S/C14H22N2O/c1-3-9-16(4-2)11-14-8-7-13(17-14)10-15-12-5-6-12/h3,7-8,12,15H,1,4-6,9-11H2,2H3. The first-order valence-corrected chi connectivity index (χ1v) is 6.46. The minimum Gasteiger partial charge on any atom is -0.463 e. The van der Waals surface area contributed by atoms with Crippen LogP contribution in [0.1, 0.15) is 31.3 Å². The average molecular weight is 234 g/mol. The molecule has 1 N–H and O–H groups in total. The van der Waals surface area contributed by atoms with Gasteiger partial charge in [0.1, 0.15) is 11.5 Å². The summed E-state index contributed by atoms with van der Waals surface area (Å²) in [5.74, 6) is 2.09. The zero-order valence-electron chi connectivity index (χ0n) is 10.6. The Morgan fingerprint density at radius 1 is 1.47 bits per heavy atom. The lowest BCUT2D eigenvalue weighted by atomic mass is 10.3. The monoisotopic (exact) mass is 234 g/mol. The molecule has 1 aromatic heterocycles. The Morgan fingerprint density at radius 2 is 2.24 bits per heavy atom. The molecule has 1 saturated carbocycles. The smallest absolute Gasteiger partial charge is 0.118 e. The van der Waals surface area contributed by atoms with Crippen molar-refractivity contribution in [2.24, 2.45) is 0 Å². The van der Waals surface area contributed by atoms with E-state index < -0.39 is 0 Å². The molecule has 1 aromatic rings. The van der Waals surface area contributed by atoms with Gasteiger partial charge in [0.15, 0.2) is 0 Å². The quantitative estimate of drug-likeness (QED) is 0.701. The maximum Gasteiger partial charge on any atom is 0.118 e. The molecule has 2 rings (SSSR count). The minimum atomic E-state index is 0.733. The molecule has 0 bridgehead atoms. The Bertz CT molecular complexity index is 355. The molecule has 0 amide bonds. The Labute approximate surface area is 103 Å². The highest BCUT2D eigenvalue weighted by molar-refractivity contribution is 5.07. The minimum absolute atomic E-state index is 0.733. The first-order valence-electron chi connectivity index (χ1n) is 6.46. The van der Waals surface area contributed by atoms with Crippen LogP contribution in [-0.4, -0.2) is 24.0 Å². The van der Waals surface area contributed by atoms with Crippen LogP contribution in [0, 0.1) is 0 Å². The van der Waals surface area contributed by atoms with Crippen LogP contribution in [0.5, 0.6) is 0 Å². The van der Waals surface area contributed by atoms with Gasteiger partial charge in [0.25, 0.3) is 0 Å². The van der Waals surface area contributed by atoms with E-state index in [-0.39, 0.29) is 0 Å². The van der Waals surface area contributed by atoms with Crippen molar-refractivity contribution >= 4 is 0 Å². The lowest BCUT2D eigenvalue weighted by molar-refractivity contribution is 0.277. The maximum absolute atomic E-state index is 5.80. The van der Waals surface area contributed by atoms with Gasteiger partial charge >= 0.3 is 0 Å². The highest BCUT2D eigenvalue weighted by Gasteiger charge is 2.20. The van der Waals surface area contributed by atoms with Crippen LogP contribution < -0.4 is 5.32 Å². The van der Waals surface area contributed by atoms with Gasteiger partial charge in [-0.25, -0.2) is 0 Å². The molecule has 0 atom stereocenters. The second-order valence-corrected chi connectivity index (χ2v) is 4.64. The summed E-state index contributed by atoms with van der Waals surface area (Å²) < 4.78 is 5.80. The molecular weight excluding hydrogens is 212 g/mol. The van der Waals surface area contributed by atoms with E-state index in [0.717, 1.165) is 43.7 Å². The van der Waals surface area contributed by atoms with E-state index in [1.807, 2.05) is 6.08 Å². The summed E-state index contributed by atoms with van der Waals surface area (Å²) in [7, 11) is 0. The molecule has 1 heterocycles. The van der Waals surface area contributed by atoms with Gasteiger partial charge in [0.2, 0.25) is 0 Å². The Hall–Kier alpha value is -1.06. The predicted octanol–water partition coefficient (Wildman–Crippen LogP) is 2.54. The Balaban J connectivity index is 1.81. The number of nitrogens with zero attached hydrogens (tertiary/aromatic N) is 1. The van der Waals surface area contributed by atoms with Crippen LogP contribution in [-0.2, 0) is 13.1 Å². The van der Waals surface area contributed by atoms with Crippen LogP contribution in [0.2, 0.25) is 0 Å². The van der Waals surface area contributed by atoms with Crippen LogP contribution in [0.25, 0.3) is 0 Å². The van der Waals surface area contributed by atoms with E-state index in [0.29, 0.717) is 0 Å². The number of likely N-dealkylation sites (N-methyl/N-ethyl adjacent to an activating group) is 1. The summed E-state index contributed by atoms with van der Waals surface area (Å²) in [4.78, 5) is 2.30. The number of rotatable bonds is 8. The van der Waals surface area contributed by atoms with E-state index >= 15 is 0 Å². The molecule has 3 heteroatoms. The Morgan fingerprint density at radius 3 is 2.88 bits per heavy atom. The van der Waals surface area contributed by atoms with Crippen LogP contribution in [0.15, 0.2) is 29.2 Å². The van der Waals surface area contributed by atoms with E-state index in [1.54, 1.807) is 0 Å². The molecule has 0 saturated heterocycles. The van der Waals surface area contributed by atoms with E-state index in [9.17, 15) is 0 Å². The van der Waals surface area contributed by atoms with Crippen LogP contribution in [0.4, 0.5) is 0 Å². The first-order chi connectivity index (χ1) is 8.31. The summed E-state index contributed by atoms with van der Waals surface area (Å²) in [5, 5.41) is 3.46. The molecule has 0 unspecified atom stereocenters. The summed E-state index contributed by atoms with van der Waals surface area (Å²) in [6.07, 6.45) is 4.56. The summed E-state index contributed by atoms with van der Waals surface area (Å²) >= 11 is 0. The van der Waals surface area contributed by atoms with E-state index in [4.69, 9.17) is 4.42 Å². The van der Waals surface area contributed by atoms with Crippen LogP contribution in [0.3, 0.4) is 0 Å². The Kier molecular flexibility index (Phi) is 4.40. The number of hydrogen-bond acceptors (Lipinski definition) is 3. The molecule has 1 fully saturated rings. The van der Waals surface area contributed by atoms with Crippen molar-refractivity contribution in [3.8, 4) is 0 Å². The van der Waals surface area contributed by atoms with Crippen molar-refractivity contribution in [1.82, 2.24) is 10.2 Å². The van der Waals surface area contributed by atoms with E-state index in [2.05, 4.69) is 35.9 Å². The number of hydrogen-bond donors (Lipinski definition) is 1. The van der Waals surface area contributed by atoms with Gasteiger partial charge in [-0.15, -0.1) is 6.58 Å². The van der Waals surface area contributed by atoms with Crippen LogP contribution >= 0.6 is 0 Å². The summed E-state index contributed by atoms with van der Waals surface area (Å²) in [6, 6.07) is 4.89. The van der Waals surface area contributed by atoms with Crippen molar-refractivity contribution in [2.45, 2.75) is 38.9 Å². The second kappa shape index (κ2) is 6.03. The van der Waals surface area contributed by atoms with Gasteiger partial charge in [0.05, 0.1) is 13.1 Å². The zero-order valence-corrected chi connectivity index (χ0v) is 10.6. The number of nitrogens with one attached hydrogen (secondary N) is 1. The van der Waals surface area contributed by atoms with Gasteiger partial charge in [-0.3, -0.25) is 4.90 Å². The molecular formula is C14H22N2O. The SMILES string of the molecule is C=CCN(CC)Cc1ccc(CNC2CC2)o1. The maximum atomic E-state index is 5.80. The number of furan rings is 1. The molecule has 0 radical (unpaired) electrons. The van der Waals surface area contributed by atoms with Crippen molar-refractivity contribution in [1.29, 1.82) is 0 Å². The van der Waals surface area contributed by atoms with Crippen molar-refractivity contribution in [3.63, 3.8) is 0 Å². The largest absolute Gasteiger partial charge is 0.463 e. The fourth-order valence-corrected chi connectivity index (χ4v) is 1.84. The normalized spacial score (nSPS) is 15.4. The lowest BCUT2D eigenvalue weighted by Crippen LogP contribution is -2.22. The third-order valence-corrected chi connectivity index (χ3v) is 3.07. The van der Waals surface area contributed by atoms with Crippen molar-refractivity contribution in [2.75, 3.05) is 13.1 Å². The van der Waals surface area contributed by atoms with Gasteiger partial charge in [-0.05, 0) is 31.5 Å². The van der Waals surface area contributed by atoms with Gasteiger partial charge in [-0.2, -0.15) is 0 Å². The zero-order chi connectivity index (χ0) is 12.1. The van der Waals surface area contributed by atoms with E-state index in [1.165, 1.54) is 12.8 Å². The molecule has 1 aliphatic rings. The van der Waals surface area contributed by atoms with Crippen molar-refractivity contribution < 1.29 is 4.42 Å². The lowest BCUT2D eigenvalue weighted by Gasteiger charge is -2.16. The fourth-order valence-electron chi connectivity index (χ4n) is 1.84. The molecule has 0 aromatic carbocycles. The molecule has 17 heavy (non-hydrogen) atoms. The third-order valence-electron chi connectivity index (χ3n) is 3.07. The average Bonchev–Trinajstić information content (AvgIpc) is 3.06. The van der Waals surface area contributed by atoms with Gasteiger partial charge in [-0.1, -0.05) is 13.0 Å². The van der Waals surface area contributed by atoms with Gasteiger partial charge in [0, 0.05) is 12.6 Å². The summed E-state index contributed by atoms with van der Waals surface area (Å²) in [6.45, 7) is 9.58. The molecule has 1 aliphatic carbocycles. The predicted molar refractivity (Wildman–Crippen MR) is 69.7 cm³/mol. The fraction of sp³-hybridized carbons (Fsp3) is 0.571. The molecule has 0 spiro atoms. The first kappa shape index (κ1) is 12.4. The molecule has 3 nitrogen and oxygen atoms in total. The van der Waals surface area contributed by atoms with Gasteiger partial charge < -0.3 is 9.73 Å². The highest BCUT2D eigenvalue weighted by atomic mass is 16.3. The topological polar surface area (TPSA) is 28.4 Å². The molecule has 0 aliphatic heterocycles.